The van der Waals surface area contributed by atoms with E-state index in [4.69, 9.17) is 4.74 Å². The van der Waals surface area contributed by atoms with Gasteiger partial charge in [-0.1, -0.05) is 6.07 Å². The summed E-state index contributed by atoms with van der Waals surface area (Å²) in [5.74, 6) is 0.310. The summed E-state index contributed by atoms with van der Waals surface area (Å²) >= 11 is 0. The molecule has 0 aliphatic rings. The maximum Gasteiger partial charge on any atom is 0.269 e. The Morgan fingerprint density at radius 3 is 2.76 bits per heavy atom. The van der Waals surface area contributed by atoms with Gasteiger partial charge in [-0.15, -0.1) is 0 Å². The Kier molecular flexibility index (Phi) is 4.51. The smallest absolute Gasteiger partial charge is 0.269 e. The van der Waals surface area contributed by atoms with Crippen LogP contribution in [0, 0.1) is 13.8 Å². The molecule has 0 atom stereocenters. The first kappa shape index (κ1) is 16.7. The molecule has 2 N–H and O–H groups in total. The summed E-state index contributed by atoms with van der Waals surface area (Å²) in [7, 11) is 3.44. The van der Waals surface area contributed by atoms with E-state index < -0.39 is 0 Å². The lowest BCUT2D eigenvalue weighted by atomic mass is 10.1. The quantitative estimate of drug-likeness (QED) is 0.737. The minimum atomic E-state index is -0.228. The van der Waals surface area contributed by atoms with E-state index in [-0.39, 0.29) is 5.91 Å². The van der Waals surface area contributed by atoms with Crippen LogP contribution in [0.4, 0.5) is 0 Å². The van der Waals surface area contributed by atoms with Crippen molar-refractivity contribution in [1.29, 1.82) is 0 Å². The van der Waals surface area contributed by atoms with Crippen molar-refractivity contribution in [3.63, 3.8) is 0 Å². The number of pyridine rings is 1. The number of methoxy groups -OCH3 is 1. The number of amides is 1. The highest BCUT2D eigenvalue weighted by Crippen LogP contribution is 2.25. The number of ether oxygens (including phenoxy) is 1. The SMILES string of the molecule is COc1ccc(CNC(=O)c2cc(-c3c(C)nn(C)c3C)n[nH]2)cn1. The maximum absolute atomic E-state index is 12.3. The van der Waals surface area contributed by atoms with Crippen molar-refractivity contribution >= 4 is 5.91 Å². The van der Waals surface area contributed by atoms with Crippen LogP contribution in [0.5, 0.6) is 5.88 Å². The molecule has 0 bridgehead atoms. The highest BCUT2D eigenvalue weighted by Gasteiger charge is 2.17. The molecule has 3 heterocycles. The van der Waals surface area contributed by atoms with Crippen molar-refractivity contribution < 1.29 is 9.53 Å². The van der Waals surface area contributed by atoms with Gasteiger partial charge in [0.2, 0.25) is 5.88 Å². The number of hydrogen-bond donors (Lipinski definition) is 2. The average molecular weight is 340 g/mol. The van der Waals surface area contributed by atoms with Crippen LogP contribution in [0.2, 0.25) is 0 Å². The predicted molar refractivity (Wildman–Crippen MR) is 92.2 cm³/mol. The summed E-state index contributed by atoms with van der Waals surface area (Å²) in [4.78, 5) is 16.4. The van der Waals surface area contributed by atoms with Crippen molar-refractivity contribution in [3.05, 3.63) is 47.0 Å². The number of rotatable bonds is 5. The van der Waals surface area contributed by atoms with E-state index in [1.165, 1.54) is 0 Å². The Morgan fingerprint density at radius 1 is 1.36 bits per heavy atom. The van der Waals surface area contributed by atoms with E-state index >= 15 is 0 Å². The Morgan fingerprint density at radius 2 is 2.16 bits per heavy atom. The molecule has 0 saturated heterocycles. The van der Waals surface area contributed by atoms with Gasteiger partial charge in [0.05, 0.1) is 18.5 Å². The summed E-state index contributed by atoms with van der Waals surface area (Å²) in [6.07, 6.45) is 1.67. The molecule has 0 aliphatic heterocycles. The molecule has 0 saturated carbocycles. The van der Waals surface area contributed by atoms with E-state index in [0.717, 1.165) is 22.5 Å². The minimum Gasteiger partial charge on any atom is -0.481 e. The minimum absolute atomic E-state index is 0.228. The lowest BCUT2D eigenvalue weighted by molar-refractivity contribution is 0.0946. The molecule has 3 aromatic heterocycles. The largest absolute Gasteiger partial charge is 0.481 e. The van der Waals surface area contributed by atoms with Crippen LogP contribution in [-0.4, -0.2) is 38.0 Å². The fourth-order valence-corrected chi connectivity index (χ4v) is 2.62. The van der Waals surface area contributed by atoms with E-state index in [0.29, 0.717) is 23.8 Å². The highest BCUT2D eigenvalue weighted by atomic mass is 16.5. The van der Waals surface area contributed by atoms with Crippen LogP contribution in [0.3, 0.4) is 0 Å². The fourth-order valence-electron chi connectivity index (χ4n) is 2.62. The predicted octanol–water partition coefficient (Wildman–Crippen LogP) is 1.76. The Bertz CT molecular complexity index is 895. The van der Waals surface area contributed by atoms with Crippen molar-refractivity contribution in [2.45, 2.75) is 20.4 Å². The van der Waals surface area contributed by atoms with Gasteiger partial charge in [-0.25, -0.2) is 4.98 Å². The molecule has 130 valence electrons. The van der Waals surface area contributed by atoms with Crippen LogP contribution in [0.1, 0.15) is 27.4 Å². The summed E-state index contributed by atoms with van der Waals surface area (Å²) in [6.45, 7) is 4.27. The van der Waals surface area contributed by atoms with E-state index in [9.17, 15) is 4.79 Å². The van der Waals surface area contributed by atoms with Gasteiger partial charge in [0, 0.05) is 37.1 Å². The van der Waals surface area contributed by atoms with Gasteiger partial charge in [-0.05, 0) is 25.5 Å². The van der Waals surface area contributed by atoms with Gasteiger partial charge in [-0.2, -0.15) is 10.2 Å². The van der Waals surface area contributed by atoms with Crippen molar-refractivity contribution in [3.8, 4) is 17.1 Å². The van der Waals surface area contributed by atoms with Crippen molar-refractivity contribution in [1.82, 2.24) is 30.3 Å². The first-order valence-electron chi connectivity index (χ1n) is 7.82. The molecule has 0 fully saturated rings. The van der Waals surface area contributed by atoms with E-state index in [1.807, 2.05) is 27.0 Å². The zero-order chi connectivity index (χ0) is 18.0. The Balaban J connectivity index is 1.70. The molecule has 3 aromatic rings. The second-order valence-corrected chi connectivity index (χ2v) is 5.73. The first-order valence-corrected chi connectivity index (χ1v) is 7.82. The standard InChI is InChI=1S/C17H20N6O2/c1-10-16(11(2)23(3)22-10)13-7-14(21-20-13)17(24)19-9-12-5-6-15(25-4)18-8-12/h5-8H,9H2,1-4H3,(H,19,24)(H,20,21). The lowest BCUT2D eigenvalue weighted by Gasteiger charge is -2.04. The molecule has 1 amide bonds. The zero-order valence-corrected chi connectivity index (χ0v) is 14.6. The average Bonchev–Trinajstić information content (AvgIpc) is 3.18. The summed E-state index contributed by atoms with van der Waals surface area (Å²) in [5, 5.41) is 14.3. The monoisotopic (exact) mass is 340 g/mol. The third-order valence-corrected chi connectivity index (χ3v) is 4.05. The van der Waals surface area contributed by atoms with Gasteiger partial charge in [0.1, 0.15) is 5.69 Å². The number of carbonyl (C=O) groups is 1. The number of H-pyrrole nitrogens is 1. The number of carbonyl (C=O) groups excluding carboxylic acids is 1. The third kappa shape index (κ3) is 3.37. The van der Waals surface area contributed by atoms with Gasteiger partial charge in [-0.3, -0.25) is 14.6 Å². The number of aromatic amines is 1. The van der Waals surface area contributed by atoms with Crippen LogP contribution < -0.4 is 10.1 Å². The molecule has 0 radical (unpaired) electrons. The molecular weight excluding hydrogens is 320 g/mol. The molecule has 8 heteroatoms. The van der Waals surface area contributed by atoms with Gasteiger partial charge < -0.3 is 10.1 Å². The highest BCUT2D eigenvalue weighted by molar-refractivity contribution is 5.93. The van der Waals surface area contributed by atoms with Crippen LogP contribution in [0.25, 0.3) is 11.3 Å². The lowest BCUT2D eigenvalue weighted by Crippen LogP contribution is -2.23. The maximum atomic E-state index is 12.3. The normalized spacial score (nSPS) is 10.7. The Labute approximate surface area is 145 Å². The molecule has 8 nitrogen and oxygen atoms in total. The molecule has 3 rings (SSSR count). The second kappa shape index (κ2) is 6.76. The summed E-state index contributed by atoms with van der Waals surface area (Å²) in [5.41, 5.74) is 4.81. The molecular formula is C17H20N6O2. The number of nitrogens with zero attached hydrogens (tertiary/aromatic N) is 4. The van der Waals surface area contributed by atoms with Crippen LogP contribution in [-0.2, 0) is 13.6 Å². The number of aromatic nitrogens is 5. The van der Waals surface area contributed by atoms with Crippen LogP contribution >= 0.6 is 0 Å². The number of aryl methyl sites for hydroxylation is 2. The number of nitrogens with one attached hydrogen (secondary N) is 2. The number of hydrogen-bond acceptors (Lipinski definition) is 5. The first-order chi connectivity index (χ1) is 12.0. The third-order valence-electron chi connectivity index (χ3n) is 4.05. The van der Waals surface area contributed by atoms with Gasteiger partial charge >= 0.3 is 0 Å². The van der Waals surface area contributed by atoms with Gasteiger partial charge in [0.25, 0.3) is 5.91 Å². The second-order valence-electron chi connectivity index (χ2n) is 5.73. The molecule has 0 spiro atoms. The van der Waals surface area contributed by atoms with Crippen LogP contribution in [0.15, 0.2) is 24.4 Å². The van der Waals surface area contributed by atoms with E-state index in [1.54, 1.807) is 30.1 Å². The molecule has 25 heavy (non-hydrogen) atoms. The summed E-state index contributed by atoms with van der Waals surface area (Å²) in [6, 6.07) is 5.34. The van der Waals surface area contributed by atoms with Crippen molar-refractivity contribution in [2.75, 3.05) is 7.11 Å². The van der Waals surface area contributed by atoms with E-state index in [2.05, 4.69) is 25.6 Å². The fraction of sp³-hybridized carbons (Fsp3) is 0.294. The molecule has 0 aromatic carbocycles. The molecule has 0 aliphatic carbocycles. The molecule has 0 unspecified atom stereocenters. The Hall–Kier alpha value is -3.16. The zero-order valence-electron chi connectivity index (χ0n) is 14.6. The topological polar surface area (TPSA) is 97.7 Å². The summed E-state index contributed by atoms with van der Waals surface area (Å²) < 4.78 is 6.81. The van der Waals surface area contributed by atoms with Crippen molar-refractivity contribution in [2.24, 2.45) is 7.05 Å². The van der Waals surface area contributed by atoms with Gasteiger partial charge in [0.15, 0.2) is 0 Å².